The van der Waals surface area contributed by atoms with E-state index in [-0.39, 0.29) is 12.6 Å². The molecule has 0 aliphatic heterocycles. The average Bonchev–Trinajstić information content (AvgIpc) is 2.26. The van der Waals surface area contributed by atoms with Crippen LogP contribution < -0.4 is 0 Å². The molecule has 0 atom stereocenters. The maximum absolute atomic E-state index is 10.9. The van der Waals surface area contributed by atoms with Gasteiger partial charge in [0.1, 0.15) is 6.61 Å². The quantitative estimate of drug-likeness (QED) is 0.797. The fourth-order valence-corrected chi connectivity index (χ4v) is 2.08. The molecular weight excluding hydrogens is 282 g/mol. The number of hydrogen-bond donors (Lipinski definition) is 0. The molecule has 1 heterocycles. The molecule has 0 aliphatic rings. The lowest BCUT2D eigenvalue weighted by Crippen LogP contribution is -2.00. The number of esters is 1. The first-order chi connectivity index (χ1) is 8.06. The Hall–Kier alpha value is -1.42. The first-order valence-electron chi connectivity index (χ1n) is 5.25. The van der Waals surface area contributed by atoms with Crippen molar-refractivity contribution < 1.29 is 9.53 Å². The molecule has 2 rings (SSSR count). The monoisotopic (exact) mass is 293 g/mol. The SMILES string of the molecule is CC(=O)OCc1cc(C)nc2ccc(Br)cc12. The number of nitrogens with zero attached hydrogens (tertiary/aromatic N) is 1. The van der Waals surface area contributed by atoms with Gasteiger partial charge in [0.25, 0.3) is 0 Å². The second-order valence-corrected chi connectivity index (χ2v) is 4.78. The summed E-state index contributed by atoms with van der Waals surface area (Å²) in [6.45, 7) is 3.62. The van der Waals surface area contributed by atoms with Crippen LogP contribution in [0.1, 0.15) is 18.2 Å². The first kappa shape index (κ1) is 12.0. The van der Waals surface area contributed by atoms with Crippen LogP contribution in [0.15, 0.2) is 28.7 Å². The van der Waals surface area contributed by atoms with Crippen LogP contribution in [-0.4, -0.2) is 11.0 Å². The van der Waals surface area contributed by atoms with E-state index in [4.69, 9.17) is 4.74 Å². The summed E-state index contributed by atoms with van der Waals surface area (Å²) in [6.07, 6.45) is 0. The van der Waals surface area contributed by atoms with E-state index in [0.29, 0.717) is 0 Å². The molecule has 1 aromatic heterocycles. The number of hydrogen-bond acceptors (Lipinski definition) is 3. The van der Waals surface area contributed by atoms with Gasteiger partial charge in [0, 0.05) is 28.0 Å². The highest BCUT2D eigenvalue weighted by atomic mass is 79.9. The molecule has 0 N–H and O–H groups in total. The van der Waals surface area contributed by atoms with E-state index < -0.39 is 0 Å². The van der Waals surface area contributed by atoms with Gasteiger partial charge in [-0.15, -0.1) is 0 Å². The highest BCUT2D eigenvalue weighted by molar-refractivity contribution is 9.10. The van der Waals surface area contributed by atoms with Crippen molar-refractivity contribution in [2.24, 2.45) is 0 Å². The second kappa shape index (κ2) is 4.84. The number of benzene rings is 1. The van der Waals surface area contributed by atoms with E-state index in [2.05, 4.69) is 20.9 Å². The summed E-state index contributed by atoms with van der Waals surface area (Å²) in [4.78, 5) is 15.3. The summed E-state index contributed by atoms with van der Waals surface area (Å²) in [5.41, 5.74) is 2.81. The molecule has 0 fully saturated rings. The fraction of sp³-hybridized carbons (Fsp3) is 0.231. The van der Waals surface area contributed by atoms with Gasteiger partial charge in [-0.25, -0.2) is 0 Å². The smallest absolute Gasteiger partial charge is 0.302 e. The summed E-state index contributed by atoms with van der Waals surface area (Å²) in [5, 5.41) is 1.01. The Bertz CT molecular complexity index is 581. The van der Waals surface area contributed by atoms with Crippen LogP contribution in [0.4, 0.5) is 0 Å². The van der Waals surface area contributed by atoms with Gasteiger partial charge in [0.2, 0.25) is 0 Å². The predicted molar refractivity (Wildman–Crippen MR) is 69.7 cm³/mol. The van der Waals surface area contributed by atoms with Crippen molar-refractivity contribution in [3.63, 3.8) is 0 Å². The van der Waals surface area contributed by atoms with Gasteiger partial charge in [-0.2, -0.15) is 0 Å². The lowest BCUT2D eigenvalue weighted by molar-refractivity contribution is -0.142. The summed E-state index contributed by atoms with van der Waals surface area (Å²) < 4.78 is 6.03. The van der Waals surface area contributed by atoms with Gasteiger partial charge in [-0.1, -0.05) is 15.9 Å². The highest BCUT2D eigenvalue weighted by Gasteiger charge is 2.06. The molecule has 0 spiro atoms. The fourth-order valence-electron chi connectivity index (χ4n) is 1.71. The van der Waals surface area contributed by atoms with Crippen molar-refractivity contribution in [1.82, 2.24) is 4.98 Å². The van der Waals surface area contributed by atoms with Crippen LogP contribution in [0.3, 0.4) is 0 Å². The molecular formula is C13H12BrNO2. The lowest BCUT2D eigenvalue weighted by atomic mass is 10.1. The lowest BCUT2D eigenvalue weighted by Gasteiger charge is -2.08. The number of fused-ring (bicyclic) bond motifs is 1. The predicted octanol–water partition coefficient (Wildman–Crippen LogP) is 3.37. The molecule has 0 saturated carbocycles. The van der Waals surface area contributed by atoms with E-state index in [9.17, 15) is 4.79 Å². The van der Waals surface area contributed by atoms with Crippen LogP contribution in [0.25, 0.3) is 10.9 Å². The van der Waals surface area contributed by atoms with Crippen molar-refractivity contribution in [3.05, 3.63) is 40.0 Å². The minimum Gasteiger partial charge on any atom is -0.461 e. The summed E-state index contributed by atoms with van der Waals surface area (Å²) in [7, 11) is 0. The third-order valence-corrected chi connectivity index (χ3v) is 2.91. The Morgan fingerprint density at radius 1 is 1.41 bits per heavy atom. The van der Waals surface area contributed by atoms with Crippen molar-refractivity contribution in [2.45, 2.75) is 20.5 Å². The zero-order valence-corrected chi connectivity index (χ0v) is 11.2. The molecule has 2 aromatic rings. The van der Waals surface area contributed by atoms with Crippen molar-refractivity contribution in [2.75, 3.05) is 0 Å². The average molecular weight is 294 g/mol. The van der Waals surface area contributed by atoms with Gasteiger partial charge >= 0.3 is 5.97 Å². The summed E-state index contributed by atoms with van der Waals surface area (Å²) in [5.74, 6) is -0.275. The van der Waals surface area contributed by atoms with E-state index in [1.807, 2.05) is 31.2 Å². The molecule has 88 valence electrons. The van der Waals surface area contributed by atoms with Gasteiger partial charge < -0.3 is 4.74 Å². The Morgan fingerprint density at radius 2 is 2.18 bits per heavy atom. The topological polar surface area (TPSA) is 39.2 Å². The molecule has 1 aromatic carbocycles. The van der Waals surface area contributed by atoms with Gasteiger partial charge in [0.15, 0.2) is 0 Å². The molecule has 3 nitrogen and oxygen atoms in total. The zero-order chi connectivity index (χ0) is 12.4. The largest absolute Gasteiger partial charge is 0.461 e. The maximum Gasteiger partial charge on any atom is 0.302 e. The number of ether oxygens (including phenoxy) is 1. The Kier molecular flexibility index (Phi) is 3.43. The van der Waals surface area contributed by atoms with Crippen LogP contribution in [0.5, 0.6) is 0 Å². The normalized spacial score (nSPS) is 10.5. The highest BCUT2D eigenvalue weighted by Crippen LogP contribution is 2.23. The van der Waals surface area contributed by atoms with Gasteiger partial charge in [0.05, 0.1) is 5.52 Å². The molecule has 0 bridgehead atoms. The van der Waals surface area contributed by atoms with Crippen molar-refractivity contribution in [3.8, 4) is 0 Å². The number of halogens is 1. The van der Waals surface area contributed by atoms with E-state index >= 15 is 0 Å². The molecule has 0 unspecified atom stereocenters. The number of carbonyl (C=O) groups excluding carboxylic acids is 1. The third kappa shape index (κ3) is 2.82. The Balaban J connectivity index is 2.51. The molecule has 0 amide bonds. The van der Waals surface area contributed by atoms with Gasteiger partial charge in [-0.3, -0.25) is 9.78 Å². The summed E-state index contributed by atoms with van der Waals surface area (Å²) >= 11 is 3.43. The third-order valence-electron chi connectivity index (χ3n) is 2.42. The van der Waals surface area contributed by atoms with E-state index in [0.717, 1.165) is 26.6 Å². The van der Waals surface area contributed by atoms with Crippen LogP contribution >= 0.6 is 15.9 Å². The van der Waals surface area contributed by atoms with Crippen molar-refractivity contribution >= 4 is 32.8 Å². The van der Waals surface area contributed by atoms with E-state index in [1.54, 1.807) is 0 Å². The number of aryl methyl sites for hydroxylation is 1. The molecule has 4 heteroatoms. The second-order valence-electron chi connectivity index (χ2n) is 3.86. The number of carbonyl (C=O) groups is 1. The number of aromatic nitrogens is 1. The Morgan fingerprint density at radius 3 is 2.88 bits per heavy atom. The zero-order valence-electron chi connectivity index (χ0n) is 9.66. The molecule has 17 heavy (non-hydrogen) atoms. The van der Waals surface area contributed by atoms with Crippen LogP contribution in [0, 0.1) is 6.92 Å². The standard InChI is InChI=1S/C13H12BrNO2/c1-8-5-10(7-17-9(2)16)12-6-11(14)3-4-13(12)15-8/h3-6H,7H2,1-2H3. The summed E-state index contributed by atoms with van der Waals surface area (Å²) in [6, 6.07) is 7.83. The Labute approximate surface area is 108 Å². The molecule has 0 saturated heterocycles. The first-order valence-corrected chi connectivity index (χ1v) is 6.05. The van der Waals surface area contributed by atoms with Crippen LogP contribution in [-0.2, 0) is 16.1 Å². The molecule has 0 aliphatic carbocycles. The van der Waals surface area contributed by atoms with Gasteiger partial charge in [-0.05, 0) is 31.2 Å². The molecule has 0 radical (unpaired) electrons. The maximum atomic E-state index is 10.9. The van der Waals surface area contributed by atoms with E-state index in [1.165, 1.54) is 6.92 Å². The minimum absolute atomic E-state index is 0.275. The number of pyridine rings is 1. The minimum atomic E-state index is -0.275. The number of rotatable bonds is 2. The van der Waals surface area contributed by atoms with Crippen LogP contribution in [0.2, 0.25) is 0 Å². The van der Waals surface area contributed by atoms with Crippen molar-refractivity contribution in [1.29, 1.82) is 0 Å².